The van der Waals surface area contributed by atoms with E-state index in [0.717, 1.165) is 16.7 Å². The minimum Gasteiger partial charge on any atom is -0.391 e. The molecule has 0 saturated carbocycles. The zero-order valence-electron chi connectivity index (χ0n) is 12.3. The summed E-state index contributed by atoms with van der Waals surface area (Å²) in [5.74, 6) is -0.513. The molecule has 1 aliphatic carbocycles. The van der Waals surface area contributed by atoms with Crippen molar-refractivity contribution >= 4 is 0 Å². The summed E-state index contributed by atoms with van der Waals surface area (Å²) in [6.07, 6.45) is 0.144. The van der Waals surface area contributed by atoms with E-state index >= 15 is 0 Å². The van der Waals surface area contributed by atoms with Gasteiger partial charge in [0.15, 0.2) is 0 Å². The van der Waals surface area contributed by atoms with Crippen LogP contribution in [-0.4, -0.2) is 11.2 Å². The summed E-state index contributed by atoms with van der Waals surface area (Å²) in [7, 11) is 0. The van der Waals surface area contributed by atoms with Crippen molar-refractivity contribution in [3.05, 3.63) is 70.5 Å². The average molecular weight is 296 g/mol. The maximum absolute atomic E-state index is 13.7. The fourth-order valence-electron chi connectivity index (χ4n) is 3.03. The Hall–Kier alpha value is -2.22. The van der Waals surface area contributed by atoms with Crippen molar-refractivity contribution in [1.82, 2.24) is 5.32 Å². The number of halogens is 1. The van der Waals surface area contributed by atoms with E-state index in [0.29, 0.717) is 6.42 Å². The van der Waals surface area contributed by atoms with Gasteiger partial charge in [0.2, 0.25) is 0 Å². The van der Waals surface area contributed by atoms with E-state index in [1.807, 2.05) is 37.3 Å². The highest BCUT2D eigenvalue weighted by atomic mass is 19.1. The molecule has 2 aromatic carbocycles. The Morgan fingerprint density at radius 2 is 2.09 bits per heavy atom. The number of aliphatic hydroxyl groups is 1. The highest BCUT2D eigenvalue weighted by Gasteiger charge is 2.31. The smallest absolute Gasteiger partial charge is 0.141 e. The van der Waals surface area contributed by atoms with Crippen LogP contribution in [0.1, 0.15) is 41.3 Å². The van der Waals surface area contributed by atoms with Crippen LogP contribution in [0.15, 0.2) is 42.5 Å². The molecule has 112 valence electrons. The second-order valence-corrected chi connectivity index (χ2v) is 5.69. The molecule has 1 aliphatic rings. The van der Waals surface area contributed by atoms with E-state index in [9.17, 15) is 9.50 Å². The first-order valence-corrected chi connectivity index (χ1v) is 7.31. The molecule has 2 aromatic rings. The molecule has 3 atom stereocenters. The van der Waals surface area contributed by atoms with Gasteiger partial charge in [-0.15, -0.1) is 0 Å². The molecular formula is C18H17FN2O. The van der Waals surface area contributed by atoms with Crippen molar-refractivity contribution in [3.8, 4) is 6.07 Å². The lowest BCUT2D eigenvalue weighted by Crippen LogP contribution is -2.31. The largest absolute Gasteiger partial charge is 0.391 e. The average Bonchev–Trinajstić information content (AvgIpc) is 2.83. The molecule has 0 spiro atoms. The molecule has 3 nitrogen and oxygen atoms in total. The molecule has 4 heteroatoms. The highest BCUT2D eigenvalue weighted by molar-refractivity contribution is 5.38. The van der Waals surface area contributed by atoms with Gasteiger partial charge < -0.3 is 10.4 Å². The van der Waals surface area contributed by atoms with E-state index in [2.05, 4.69) is 5.32 Å². The van der Waals surface area contributed by atoms with Crippen LogP contribution in [0.25, 0.3) is 0 Å². The quantitative estimate of drug-likeness (QED) is 0.915. The van der Waals surface area contributed by atoms with E-state index in [-0.39, 0.29) is 17.6 Å². The fraction of sp³-hybridized carbons (Fsp3) is 0.278. The molecule has 0 bridgehead atoms. The van der Waals surface area contributed by atoms with Crippen molar-refractivity contribution in [1.29, 1.82) is 5.26 Å². The number of rotatable bonds is 3. The third-order valence-electron chi connectivity index (χ3n) is 4.25. The summed E-state index contributed by atoms with van der Waals surface area (Å²) in [5.41, 5.74) is 3.04. The van der Waals surface area contributed by atoms with Crippen molar-refractivity contribution in [3.63, 3.8) is 0 Å². The molecule has 0 saturated heterocycles. The number of benzene rings is 2. The van der Waals surface area contributed by atoms with Gasteiger partial charge in [0.1, 0.15) is 11.9 Å². The third-order valence-corrected chi connectivity index (χ3v) is 4.25. The van der Waals surface area contributed by atoms with E-state index in [1.165, 1.54) is 12.1 Å². The number of aliphatic hydroxyl groups excluding tert-OH is 1. The summed E-state index contributed by atoms with van der Waals surface area (Å²) in [4.78, 5) is 0. The SMILES string of the molecule is CC(NC1c2ccccc2CC1O)c1ccc(C#N)c(F)c1. The number of hydrogen-bond donors (Lipinski definition) is 2. The predicted octanol–water partition coefficient (Wildman–Crippen LogP) is 3.01. The molecule has 0 aliphatic heterocycles. The molecule has 22 heavy (non-hydrogen) atoms. The molecule has 0 heterocycles. The second-order valence-electron chi connectivity index (χ2n) is 5.69. The van der Waals surface area contributed by atoms with Crippen LogP contribution in [0, 0.1) is 17.1 Å². The Kier molecular flexibility index (Phi) is 3.93. The zero-order valence-corrected chi connectivity index (χ0v) is 12.3. The van der Waals surface area contributed by atoms with Crippen LogP contribution in [0.3, 0.4) is 0 Å². The number of nitrogens with zero attached hydrogens (tertiary/aromatic N) is 1. The summed E-state index contributed by atoms with van der Waals surface area (Å²) in [5, 5.41) is 22.4. The Labute approximate surface area is 129 Å². The van der Waals surface area contributed by atoms with Crippen LogP contribution in [0.4, 0.5) is 4.39 Å². The van der Waals surface area contributed by atoms with Crippen LogP contribution < -0.4 is 5.32 Å². The number of fused-ring (bicyclic) bond motifs is 1. The maximum Gasteiger partial charge on any atom is 0.141 e. The first kappa shape index (κ1) is 14.7. The van der Waals surface area contributed by atoms with Gasteiger partial charge in [-0.2, -0.15) is 5.26 Å². The fourth-order valence-corrected chi connectivity index (χ4v) is 3.03. The first-order chi connectivity index (χ1) is 10.6. The summed E-state index contributed by atoms with van der Waals surface area (Å²) < 4.78 is 13.7. The van der Waals surface area contributed by atoms with Gasteiger partial charge in [-0.05, 0) is 35.7 Å². The van der Waals surface area contributed by atoms with Crippen molar-refractivity contribution in [2.75, 3.05) is 0 Å². The monoisotopic (exact) mass is 296 g/mol. The van der Waals surface area contributed by atoms with Gasteiger partial charge in [0, 0.05) is 12.5 Å². The normalized spacial score (nSPS) is 21.2. The maximum atomic E-state index is 13.7. The van der Waals surface area contributed by atoms with E-state index in [4.69, 9.17) is 5.26 Å². The highest BCUT2D eigenvalue weighted by Crippen LogP contribution is 2.33. The van der Waals surface area contributed by atoms with Crippen LogP contribution in [0.5, 0.6) is 0 Å². The number of hydrogen-bond acceptors (Lipinski definition) is 3. The minimum absolute atomic E-state index is 0.0437. The Bertz CT molecular complexity index is 738. The lowest BCUT2D eigenvalue weighted by molar-refractivity contribution is 0.136. The van der Waals surface area contributed by atoms with Crippen LogP contribution in [-0.2, 0) is 6.42 Å². The van der Waals surface area contributed by atoms with Crippen LogP contribution in [0.2, 0.25) is 0 Å². The predicted molar refractivity (Wildman–Crippen MR) is 81.6 cm³/mol. The number of nitriles is 1. The Balaban J connectivity index is 1.81. The standard InChI is InChI=1S/C18H17FN2O/c1-11(12-6-7-14(10-20)16(19)8-12)21-18-15-5-3-2-4-13(15)9-17(18)22/h2-8,11,17-18,21-22H,9H2,1H3. The summed E-state index contributed by atoms with van der Waals surface area (Å²) in [6, 6.07) is 14.1. The van der Waals surface area contributed by atoms with Crippen molar-refractivity contribution in [2.45, 2.75) is 31.5 Å². The molecule has 3 unspecified atom stereocenters. The zero-order chi connectivity index (χ0) is 15.7. The Morgan fingerprint density at radius 1 is 1.32 bits per heavy atom. The molecule has 0 fully saturated rings. The minimum atomic E-state index is -0.513. The lowest BCUT2D eigenvalue weighted by atomic mass is 10.0. The molecule has 2 N–H and O–H groups in total. The summed E-state index contributed by atoms with van der Waals surface area (Å²) >= 11 is 0. The third kappa shape index (κ3) is 2.61. The van der Waals surface area contributed by atoms with Gasteiger partial charge in [-0.3, -0.25) is 0 Å². The van der Waals surface area contributed by atoms with Gasteiger partial charge in [-0.25, -0.2) is 4.39 Å². The molecule has 0 radical (unpaired) electrons. The van der Waals surface area contributed by atoms with Crippen LogP contribution >= 0.6 is 0 Å². The second kappa shape index (κ2) is 5.88. The Morgan fingerprint density at radius 3 is 2.82 bits per heavy atom. The molecule has 3 rings (SSSR count). The molecular weight excluding hydrogens is 279 g/mol. The van der Waals surface area contributed by atoms with Gasteiger partial charge in [0.25, 0.3) is 0 Å². The van der Waals surface area contributed by atoms with Gasteiger partial charge in [0.05, 0.1) is 17.7 Å². The number of nitrogens with one attached hydrogen (secondary N) is 1. The van der Waals surface area contributed by atoms with E-state index in [1.54, 1.807) is 6.07 Å². The van der Waals surface area contributed by atoms with Gasteiger partial charge in [-0.1, -0.05) is 30.3 Å². The molecule has 0 aromatic heterocycles. The van der Waals surface area contributed by atoms with Gasteiger partial charge >= 0.3 is 0 Å². The topological polar surface area (TPSA) is 56.0 Å². The summed E-state index contributed by atoms with van der Waals surface area (Å²) in [6.45, 7) is 1.93. The lowest BCUT2D eigenvalue weighted by Gasteiger charge is -2.23. The van der Waals surface area contributed by atoms with E-state index < -0.39 is 11.9 Å². The van der Waals surface area contributed by atoms with Crippen molar-refractivity contribution < 1.29 is 9.50 Å². The molecule has 0 amide bonds. The van der Waals surface area contributed by atoms with Crippen molar-refractivity contribution in [2.24, 2.45) is 0 Å². The first-order valence-electron chi connectivity index (χ1n) is 7.31.